The maximum atomic E-state index is 12.1. The molecule has 0 saturated heterocycles. The fourth-order valence-corrected chi connectivity index (χ4v) is 1.93. The first-order valence-corrected chi connectivity index (χ1v) is 7.75. The zero-order chi connectivity index (χ0) is 18.1. The maximum absolute atomic E-state index is 12.1. The van der Waals surface area contributed by atoms with Crippen LogP contribution in [-0.4, -0.2) is 35.5 Å². The van der Waals surface area contributed by atoms with E-state index in [0.717, 1.165) is 11.3 Å². The second kappa shape index (κ2) is 8.95. The number of aromatic amines is 1. The first kappa shape index (κ1) is 18.6. The van der Waals surface area contributed by atoms with Gasteiger partial charge < -0.3 is 15.4 Å². The number of benzene rings is 1. The lowest BCUT2D eigenvalue weighted by Crippen LogP contribution is -2.36. The van der Waals surface area contributed by atoms with Crippen molar-refractivity contribution in [3.05, 3.63) is 47.8 Å². The zero-order valence-electron chi connectivity index (χ0n) is 13.7. The average molecular weight is 355 g/mol. The van der Waals surface area contributed by atoms with Gasteiger partial charge in [-0.05, 0) is 30.7 Å². The predicted octanol–water partition coefficient (Wildman–Crippen LogP) is 2.61. The normalized spacial score (nSPS) is 12.1. The van der Waals surface area contributed by atoms with Gasteiger partial charge in [0.25, 0.3) is 0 Å². The minimum atomic E-state index is -4.34. The molecule has 0 fully saturated rings. The van der Waals surface area contributed by atoms with Gasteiger partial charge in [0.1, 0.15) is 5.75 Å². The third-order valence-corrected chi connectivity index (χ3v) is 3.09. The third kappa shape index (κ3) is 7.15. The Kier molecular flexibility index (Phi) is 6.67. The maximum Gasteiger partial charge on any atom is 0.422 e. The van der Waals surface area contributed by atoms with Crippen LogP contribution in [0.5, 0.6) is 5.75 Å². The molecule has 0 spiro atoms. The number of aliphatic imine (C=N–C) groups is 1. The number of H-pyrrole nitrogens is 1. The molecule has 0 saturated carbocycles. The van der Waals surface area contributed by atoms with E-state index < -0.39 is 12.8 Å². The van der Waals surface area contributed by atoms with Crippen molar-refractivity contribution < 1.29 is 17.9 Å². The van der Waals surface area contributed by atoms with E-state index in [4.69, 9.17) is 0 Å². The molecule has 0 amide bonds. The Balaban J connectivity index is 1.88. The number of hydrogen-bond acceptors (Lipinski definition) is 3. The summed E-state index contributed by atoms with van der Waals surface area (Å²) in [4.78, 5) is 4.44. The number of halogens is 3. The van der Waals surface area contributed by atoms with Crippen molar-refractivity contribution in [3.63, 3.8) is 0 Å². The molecule has 9 heteroatoms. The quantitative estimate of drug-likeness (QED) is 0.527. The van der Waals surface area contributed by atoms with Crippen molar-refractivity contribution >= 4 is 5.96 Å². The minimum absolute atomic E-state index is 0.175. The predicted molar refractivity (Wildman–Crippen MR) is 88.2 cm³/mol. The number of rotatable bonds is 7. The van der Waals surface area contributed by atoms with Crippen molar-refractivity contribution in [2.45, 2.75) is 26.2 Å². The van der Waals surface area contributed by atoms with Gasteiger partial charge in [-0.25, -0.2) is 4.99 Å². The molecule has 2 rings (SSSR count). The molecule has 0 aliphatic rings. The summed E-state index contributed by atoms with van der Waals surface area (Å²) in [6.07, 6.45) is -2.67. The Morgan fingerprint density at radius 2 is 1.96 bits per heavy atom. The average Bonchev–Trinajstić information content (AvgIpc) is 3.09. The molecular weight excluding hydrogens is 335 g/mol. The lowest BCUT2D eigenvalue weighted by molar-refractivity contribution is -0.153. The highest BCUT2D eigenvalue weighted by atomic mass is 19.4. The van der Waals surface area contributed by atoms with Crippen molar-refractivity contribution in [1.82, 2.24) is 20.8 Å². The molecule has 136 valence electrons. The second-order valence-electron chi connectivity index (χ2n) is 5.18. The van der Waals surface area contributed by atoms with E-state index in [1.807, 2.05) is 13.0 Å². The number of hydrogen-bond donors (Lipinski definition) is 3. The van der Waals surface area contributed by atoms with Gasteiger partial charge in [-0.2, -0.15) is 18.3 Å². The summed E-state index contributed by atoms with van der Waals surface area (Å²) in [5.41, 5.74) is 1.79. The highest BCUT2D eigenvalue weighted by Crippen LogP contribution is 2.19. The van der Waals surface area contributed by atoms with Crippen LogP contribution in [0.2, 0.25) is 0 Å². The van der Waals surface area contributed by atoms with Crippen LogP contribution in [0.25, 0.3) is 0 Å². The van der Waals surface area contributed by atoms with E-state index in [1.54, 1.807) is 18.3 Å². The van der Waals surface area contributed by atoms with E-state index in [-0.39, 0.29) is 5.75 Å². The van der Waals surface area contributed by atoms with Gasteiger partial charge in [-0.1, -0.05) is 12.1 Å². The van der Waals surface area contributed by atoms with Gasteiger partial charge in [0.2, 0.25) is 0 Å². The van der Waals surface area contributed by atoms with Gasteiger partial charge in [0, 0.05) is 12.7 Å². The van der Waals surface area contributed by atoms with Gasteiger partial charge in [-0.3, -0.25) is 5.10 Å². The summed E-state index contributed by atoms with van der Waals surface area (Å²) in [6.45, 7) is 2.31. The summed E-state index contributed by atoms with van der Waals surface area (Å²) < 4.78 is 41.0. The molecule has 1 heterocycles. The molecule has 3 N–H and O–H groups in total. The summed E-state index contributed by atoms with van der Waals surface area (Å²) >= 11 is 0. The van der Waals surface area contributed by atoms with Crippen LogP contribution in [0.15, 0.2) is 41.5 Å². The van der Waals surface area contributed by atoms with E-state index in [0.29, 0.717) is 25.6 Å². The standard InChI is InChI=1S/C16H20F3N5O/c1-2-20-15(22-10-13-7-8-23-24-13)21-9-12-3-5-14(6-4-12)25-11-16(17,18)19/h3-8H,2,9-11H2,1H3,(H,23,24)(H2,20,21,22). The third-order valence-electron chi connectivity index (χ3n) is 3.09. The van der Waals surface area contributed by atoms with Crippen LogP contribution in [0.3, 0.4) is 0 Å². The largest absolute Gasteiger partial charge is 0.484 e. The molecule has 2 aromatic rings. The summed E-state index contributed by atoms with van der Waals surface area (Å²) in [5.74, 6) is 0.809. The zero-order valence-corrected chi connectivity index (χ0v) is 13.7. The highest BCUT2D eigenvalue weighted by Gasteiger charge is 2.28. The Morgan fingerprint density at radius 1 is 1.20 bits per heavy atom. The Hall–Kier alpha value is -2.71. The van der Waals surface area contributed by atoms with Crippen LogP contribution in [0.1, 0.15) is 18.2 Å². The van der Waals surface area contributed by atoms with Gasteiger partial charge in [0.15, 0.2) is 12.6 Å². The molecule has 0 unspecified atom stereocenters. The van der Waals surface area contributed by atoms with E-state index >= 15 is 0 Å². The minimum Gasteiger partial charge on any atom is -0.484 e. The smallest absolute Gasteiger partial charge is 0.422 e. The molecule has 0 atom stereocenters. The highest BCUT2D eigenvalue weighted by molar-refractivity contribution is 5.79. The first-order valence-electron chi connectivity index (χ1n) is 7.75. The molecular formula is C16H20F3N5O. The monoisotopic (exact) mass is 355 g/mol. The summed E-state index contributed by atoms with van der Waals surface area (Å²) in [5, 5.41) is 13.0. The van der Waals surface area contributed by atoms with Crippen LogP contribution >= 0.6 is 0 Å². The molecule has 0 bridgehead atoms. The second-order valence-corrected chi connectivity index (χ2v) is 5.18. The van der Waals surface area contributed by atoms with Crippen LogP contribution in [0.4, 0.5) is 13.2 Å². The van der Waals surface area contributed by atoms with Crippen molar-refractivity contribution in [1.29, 1.82) is 0 Å². The number of ether oxygens (including phenoxy) is 1. The van der Waals surface area contributed by atoms with Crippen molar-refractivity contribution in [2.24, 2.45) is 4.99 Å². The molecule has 25 heavy (non-hydrogen) atoms. The number of aromatic nitrogens is 2. The number of nitrogens with one attached hydrogen (secondary N) is 3. The molecule has 0 aliphatic heterocycles. The lowest BCUT2D eigenvalue weighted by atomic mass is 10.2. The molecule has 0 aliphatic carbocycles. The van der Waals surface area contributed by atoms with E-state index in [1.165, 1.54) is 12.1 Å². The summed E-state index contributed by atoms with van der Waals surface area (Å²) in [6, 6.07) is 8.24. The van der Waals surface area contributed by atoms with E-state index in [9.17, 15) is 13.2 Å². The van der Waals surface area contributed by atoms with Gasteiger partial charge in [-0.15, -0.1) is 0 Å². The molecule has 1 aromatic heterocycles. The number of alkyl halides is 3. The van der Waals surface area contributed by atoms with Crippen LogP contribution < -0.4 is 15.4 Å². The Labute approximate surface area is 143 Å². The fraction of sp³-hybridized carbons (Fsp3) is 0.375. The molecule has 0 radical (unpaired) electrons. The number of nitrogens with zero attached hydrogens (tertiary/aromatic N) is 2. The van der Waals surface area contributed by atoms with Crippen LogP contribution in [-0.2, 0) is 13.1 Å². The fourth-order valence-electron chi connectivity index (χ4n) is 1.93. The molecule has 6 nitrogen and oxygen atoms in total. The lowest BCUT2D eigenvalue weighted by Gasteiger charge is -2.11. The Bertz CT molecular complexity index is 653. The van der Waals surface area contributed by atoms with E-state index in [2.05, 4.69) is 30.6 Å². The van der Waals surface area contributed by atoms with Gasteiger partial charge >= 0.3 is 6.18 Å². The van der Waals surface area contributed by atoms with Gasteiger partial charge in [0.05, 0.1) is 18.8 Å². The Morgan fingerprint density at radius 3 is 2.56 bits per heavy atom. The first-order chi connectivity index (χ1) is 12.0. The van der Waals surface area contributed by atoms with Crippen molar-refractivity contribution in [3.8, 4) is 5.75 Å². The van der Waals surface area contributed by atoms with Crippen LogP contribution in [0, 0.1) is 0 Å². The SMILES string of the molecule is CCNC(=NCc1ccc(OCC(F)(F)F)cc1)NCc1ccn[nH]1. The topological polar surface area (TPSA) is 74.3 Å². The molecule has 1 aromatic carbocycles. The number of guanidine groups is 1. The summed E-state index contributed by atoms with van der Waals surface area (Å²) in [7, 11) is 0. The van der Waals surface area contributed by atoms with Crippen molar-refractivity contribution in [2.75, 3.05) is 13.2 Å².